The number of aromatic amines is 1. The minimum absolute atomic E-state index is 0.192. The summed E-state index contributed by atoms with van der Waals surface area (Å²) in [5.74, 6) is -0.0231. The number of halogens is 5. The minimum Gasteiger partial charge on any atom is -0.490 e. The van der Waals surface area contributed by atoms with Gasteiger partial charge in [0.25, 0.3) is 5.91 Å². The third-order valence-corrected chi connectivity index (χ3v) is 8.71. The molecule has 46 heavy (non-hydrogen) atoms. The van der Waals surface area contributed by atoms with Gasteiger partial charge in [0.15, 0.2) is 17.2 Å². The van der Waals surface area contributed by atoms with E-state index in [1.807, 2.05) is 38.1 Å². The van der Waals surface area contributed by atoms with Crippen LogP contribution in [0.15, 0.2) is 85.2 Å². The predicted molar refractivity (Wildman–Crippen MR) is 192 cm³/mol. The average molecular weight is 853 g/mol. The normalized spacial score (nSPS) is 11.2. The van der Waals surface area contributed by atoms with Crippen LogP contribution in [-0.4, -0.2) is 36.3 Å². The van der Waals surface area contributed by atoms with Gasteiger partial charge in [-0.25, -0.2) is 10.2 Å². The molecule has 0 unspecified atom stereocenters. The number of esters is 1. The summed E-state index contributed by atoms with van der Waals surface area (Å²) in [7, 11) is 0. The van der Waals surface area contributed by atoms with E-state index in [-0.39, 0.29) is 17.0 Å². The fraction of sp³-hybridized carbons (Fsp3) is 0.121. The molecule has 0 aliphatic carbocycles. The van der Waals surface area contributed by atoms with Crippen molar-refractivity contribution in [2.24, 2.45) is 5.10 Å². The lowest BCUT2D eigenvalue weighted by atomic mass is 10.0. The summed E-state index contributed by atoms with van der Waals surface area (Å²) in [6.07, 6.45) is 1.38. The number of benzene rings is 4. The largest absolute Gasteiger partial charge is 0.490 e. The van der Waals surface area contributed by atoms with Gasteiger partial charge >= 0.3 is 5.97 Å². The number of hydrogen-bond acceptors (Lipinski definition) is 6. The molecule has 4 aromatic carbocycles. The highest BCUT2D eigenvalue weighted by molar-refractivity contribution is 9.11. The summed E-state index contributed by atoms with van der Waals surface area (Å²) in [6.45, 7) is 4.55. The van der Waals surface area contributed by atoms with Crippen LogP contribution in [0.5, 0.6) is 17.2 Å². The summed E-state index contributed by atoms with van der Waals surface area (Å²) in [6, 6.07) is 19.0. The van der Waals surface area contributed by atoms with Crippen LogP contribution in [-0.2, 0) is 0 Å². The molecule has 0 bridgehead atoms. The highest BCUT2D eigenvalue weighted by Gasteiger charge is 2.23. The number of aromatic nitrogens is 1. The molecule has 0 saturated carbocycles. The molecule has 1 heterocycles. The van der Waals surface area contributed by atoms with Crippen LogP contribution in [0.4, 0.5) is 0 Å². The van der Waals surface area contributed by atoms with Crippen LogP contribution in [0.25, 0.3) is 22.0 Å². The van der Waals surface area contributed by atoms with Crippen LogP contribution in [0, 0.1) is 0 Å². The Morgan fingerprint density at radius 3 is 2.35 bits per heavy atom. The molecule has 13 heteroatoms. The first kappa shape index (κ1) is 34.0. The van der Waals surface area contributed by atoms with E-state index in [0.717, 1.165) is 4.47 Å². The van der Waals surface area contributed by atoms with Crippen molar-refractivity contribution in [2.45, 2.75) is 13.8 Å². The molecule has 236 valence electrons. The van der Waals surface area contributed by atoms with Gasteiger partial charge in [0.05, 0.1) is 40.0 Å². The first-order chi connectivity index (χ1) is 22.1. The van der Waals surface area contributed by atoms with E-state index in [9.17, 15) is 9.59 Å². The number of H-pyrrole nitrogens is 1. The van der Waals surface area contributed by atoms with Crippen molar-refractivity contribution in [2.75, 3.05) is 13.2 Å². The lowest BCUT2D eigenvalue weighted by molar-refractivity contribution is 0.0732. The number of nitrogens with zero attached hydrogens (tertiary/aromatic N) is 1. The third-order valence-electron chi connectivity index (χ3n) is 6.58. The van der Waals surface area contributed by atoms with Gasteiger partial charge < -0.3 is 19.2 Å². The summed E-state index contributed by atoms with van der Waals surface area (Å²) < 4.78 is 19.0. The summed E-state index contributed by atoms with van der Waals surface area (Å²) in [5.41, 5.74) is 5.22. The van der Waals surface area contributed by atoms with Gasteiger partial charge in [-0.05, 0) is 78.3 Å². The van der Waals surface area contributed by atoms with Gasteiger partial charge in [0.2, 0.25) is 0 Å². The Hall–Kier alpha value is -3.35. The van der Waals surface area contributed by atoms with E-state index in [1.54, 1.807) is 42.5 Å². The zero-order valence-electron chi connectivity index (χ0n) is 24.2. The molecule has 0 radical (unpaired) electrons. The fourth-order valence-electron chi connectivity index (χ4n) is 4.66. The van der Waals surface area contributed by atoms with Crippen LogP contribution in [0.2, 0.25) is 10.0 Å². The molecular weight excluding hydrogens is 829 g/mol. The van der Waals surface area contributed by atoms with Crippen LogP contribution < -0.4 is 19.6 Å². The molecule has 1 aromatic heterocycles. The number of carbonyl (C=O) groups excluding carboxylic acids is 2. The van der Waals surface area contributed by atoms with E-state index in [0.29, 0.717) is 71.3 Å². The quantitative estimate of drug-likeness (QED) is 0.0631. The summed E-state index contributed by atoms with van der Waals surface area (Å²) >= 11 is 23.5. The number of amides is 1. The minimum atomic E-state index is -0.629. The van der Waals surface area contributed by atoms with Crippen molar-refractivity contribution in [1.29, 1.82) is 0 Å². The van der Waals surface area contributed by atoms with Gasteiger partial charge in [0.1, 0.15) is 5.69 Å². The van der Waals surface area contributed by atoms with Crippen LogP contribution in [0.3, 0.4) is 0 Å². The second kappa shape index (κ2) is 15.0. The van der Waals surface area contributed by atoms with Crippen molar-refractivity contribution in [3.63, 3.8) is 0 Å². The molecule has 0 fully saturated rings. The van der Waals surface area contributed by atoms with E-state index < -0.39 is 11.9 Å². The Labute approximate surface area is 299 Å². The van der Waals surface area contributed by atoms with Crippen LogP contribution >= 0.6 is 71.0 Å². The number of hydrazone groups is 1. The first-order valence-electron chi connectivity index (χ1n) is 13.8. The smallest absolute Gasteiger partial charge is 0.343 e. The Kier molecular flexibility index (Phi) is 11.1. The standard InChI is InChI=1S/C33H24Br3Cl2N3O5/c1-3-44-26-10-9-17(12-27(26)45-4-2)33(43)46-31-18(11-19(34)14-23(31)36)16-39-41-32(42)30-28(21-7-5-6-8-24(21)37)22-13-20(35)15-25(38)29(22)40-30/h5-16,40H,3-4H2,1-2H3,(H,41,42). The fourth-order valence-corrected chi connectivity index (χ4v) is 7.09. The van der Waals surface area contributed by atoms with Crippen molar-refractivity contribution >= 4 is 100.0 Å². The zero-order chi connectivity index (χ0) is 33.0. The van der Waals surface area contributed by atoms with E-state index >= 15 is 0 Å². The maximum absolute atomic E-state index is 13.6. The van der Waals surface area contributed by atoms with Gasteiger partial charge in [-0.1, -0.05) is 73.3 Å². The first-order valence-corrected chi connectivity index (χ1v) is 16.9. The molecule has 0 spiro atoms. The van der Waals surface area contributed by atoms with Gasteiger partial charge in [-0.2, -0.15) is 5.10 Å². The molecule has 0 atom stereocenters. The second-order valence-corrected chi connectivity index (χ2v) is 13.1. The Balaban J connectivity index is 1.45. The van der Waals surface area contributed by atoms with E-state index in [1.165, 1.54) is 6.21 Å². The molecule has 5 aromatic rings. The SMILES string of the molecule is CCOc1ccc(C(=O)Oc2c(Br)cc(Br)cc2C=NNC(=O)c2[nH]c3c(Cl)cc(Br)cc3c2-c2ccccc2Cl)cc1OCC. The van der Waals surface area contributed by atoms with Crippen molar-refractivity contribution in [3.8, 4) is 28.4 Å². The van der Waals surface area contributed by atoms with Crippen molar-refractivity contribution in [1.82, 2.24) is 10.4 Å². The molecule has 0 aliphatic rings. The Morgan fingerprint density at radius 1 is 0.891 bits per heavy atom. The summed E-state index contributed by atoms with van der Waals surface area (Å²) in [4.78, 5) is 29.9. The number of rotatable bonds is 10. The van der Waals surface area contributed by atoms with Crippen molar-refractivity contribution in [3.05, 3.63) is 107 Å². The average Bonchev–Trinajstić information content (AvgIpc) is 3.39. The zero-order valence-corrected chi connectivity index (χ0v) is 30.5. The monoisotopic (exact) mass is 849 g/mol. The number of nitrogens with one attached hydrogen (secondary N) is 2. The molecule has 8 nitrogen and oxygen atoms in total. The number of ether oxygens (including phenoxy) is 3. The number of fused-ring (bicyclic) bond motifs is 1. The van der Waals surface area contributed by atoms with Crippen LogP contribution in [0.1, 0.15) is 40.3 Å². The predicted octanol–water partition coefficient (Wildman–Crippen LogP) is 10.2. The topological polar surface area (TPSA) is 102 Å². The van der Waals surface area contributed by atoms with E-state index in [4.69, 9.17) is 37.4 Å². The number of hydrogen-bond donors (Lipinski definition) is 2. The third kappa shape index (κ3) is 7.44. The highest BCUT2D eigenvalue weighted by atomic mass is 79.9. The van der Waals surface area contributed by atoms with Gasteiger partial charge in [0, 0.05) is 36.0 Å². The molecule has 1 amide bonds. The maximum Gasteiger partial charge on any atom is 0.343 e. The van der Waals surface area contributed by atoms with Gasteiger partial charge in [-0.3, -0.25) is 4.79 Å². The Bertz CT molecular complexity index is 2000. The van der Waals surface area contributed by atoms with E-state index in [2.05, 4.69) is 63.3 Å². The molecule has 2 N–H and O–H groups in total. The molecule has 0 aliphatic heterocycles. The molecule has 0 saturated heterocycles. The highest BCUT2D eigenvalue weighted by Crippen LogP contribution is 2.40. The number of carbonyl (C=O) groups is 2. The lowest BCUT2D eigenvalue weighted by Crippen LogP contribution is -2.19. The lowest BCUT2D eigenvalue weighted by Gasteiger charge is -2.13. The Morgan fingerprint density at radius 2 is 1.61 bits per heavy atom. The van der Waals surface area contributed by atoms with Gasteiger partial charge in [-0.15, -0.1) is 0 Å². The maximum atomic E-state index is 13.6. The molecule has 5 rings (SSSR count). The second-order valence-electron chi connectivity index (χ2n) is 9.59. The van der Waals surface area contributed by atoms with Crippen molar-refractivity contribution < 1.29 is 23.8 Å². The summed E-state index contributed by atoms with van der Waals surface area (Å²) in [5, 5.41) is 5.78. The molecular formula is C33H24Br3Cl2N3O5.